The summed E-state index contributed by atoms with van der Waals surface area (Å²) in [6.45, 7) is 5.49. The normalized spacial score (nSPS) is 12.0. The molecule has 0 saturated heterocycles. The van der Waals surface area contributed by atoms with Crippen LogP contribution in [0.4, 0.5) is 5.69 Å². The van der Waals surface area contributed by atoms with E-state index in [0.29, 0.717) is 12.3 Å². The molecule has 9 heteroatoms. The van der Waals surface area contributed by atoms with Crippen molar-refractivity contribution in [3.05, 3.63) is 59.7 Å². The van der Waals surface area contributed by atoms with Gasteiger partial charge in [-0.2, -0.15) is 0 Å². The average Bonchev–Trinajstić information content (AvgIpc) is 2.75. The van der Waals surface area contributed by atoms with Gasteiger partial charge in [-0.3, -0.25) is 13.9 Å². The first-order valence-corrected chi connectivity index (χ1v) is 12.2. The fourth-order valence-corrected chi connectivity index (χ4v) is 4.16. The standard InChI is InChI=1S/C23H31N3O5S/c1-6-24-23(28)18(3)25(15-19-12-8-7-11-17(19)2)22(27)16-26(32(5,29)30)20-13-9-10-14-21(20)31-4/h7-14,18H,6,15-16H2,1-5H3,(H,24,28)/t18-/m1/s1. The lowest BCUT2D eigenvalue weighted by Gasteiger charge is -2.32. The van der Waals surface area contributed by atoms with Gasteiger partial charge in [0.05, 0.1) is 19.1 Å². The second-order valence-corrected chi connectivity index (χ2v) is 9.37. The summed E-state index contributed by atoms with van der Waals surface area (Å²) in [7, 11) is -2.38. The number of aryl methyl sites for hydroxylation is 1. The number of carbonyl (C=O) groups excluding carboxylic acids is 2. The number of carbonyl (C=O) groups is 2. The van der Waals surface area contributed by atoms with Crippen molar-refractivity contribution in [2.24, 2.45) is 0 Å². The number of sulfonamides is 1. The van der Waals surface area contributed by atoms with E-state index in [4.69, 9.17) is 4.74 Å². The second-order valence-electron chi connectivity index (χ2n) is 7.46. The molecule has 0 aliphatic carbocycles. The van der Waals surface area contributed by atoms with Crippen molar-refractivity contribution in [3.63, 3.8) is 0 Å². The van der Waals surface area contributed by atoms with Crippen LogP contribution < -0.4 is 14.4 Å². The van der Waals surface area contributed by atoms with Crippen LogP contribution in [0.5, 0.6) is 5.75 Å². The molecule has 0 aromatic heterocycles. The van der Waals surface area contributed by atoms with Gasteiger partial charge in [-0.05, 0) is 44.0 Å². The van der Waals surface area contributed by atoms with E-state index >= 15 is 0 Å². The lowest BCUT2D eigenvalue weighted by molar-refractivity contribution is -0.139. The first kappa shape index (κ1) is 25.2. The molecular weight excluding hydrogens is 430 g/mol. The smallest absolute Gasteiger partial charge is 0.244 e. The minimum Gasteiger partial charge on any atom is -0.495 e. The molecule has 2 rings (SSSR count). The zero-order valence-electron chi connectivity index (χ0n) is 19.2. The van der Waals surface area contributed by atoms with E-state index in [-0.39, 0.29) is 18.1 Å². The van der Waals surface area contributed by atoms with Crippen LogP contribution >= 0.6 is 0 Å². The Kier molecular flexibility index (Phi) is 8.65. The van der Waals surface area contributed by atoms with E-state index in [1.54, 1.807) is 38.1 Å². The lowest BCUT2D eigenvalue weighted by Crippen LogP contribution is -2.51. The summed E-state index contributed by atoms with van der Waals surface area (Å²) >= 11 is 0. The number of hydrogen-bond acceptors (Lipinski definition) is 5. The third kappa shape index (κ3) is 6.23. The Morgan fingerprint density at radius 3 is 2.31 bits per heavy atom. The molecule has 2 aromatic rings. The van der Waals surface area contributed by atoms with E-state index in [1.165, 1.54) is 12.0 Å². The van der Waals surface area contributed by atoms with E-state index < -0.39 is 28.5 Å². The van der Waals surface area contributed by atoms with Crippen LogP contribution in [0.15, 0.2) is 48.5 Å². The fourth-order valence-electron chi connectivity index (χ4n) is 3.31. The summed E-state index contributed by atoms with van der Waals surface area (Å²) in [5.74, 6) is -0.478. The van der Waals surface area contributed by atoms with E-state index in [9.17, 15) is 18.0 Å². The molecule has 1 N–H and O–H groups in total. The molecule has 32 heavy (non-hydrogen) atoms. The first-order valence-electron chi connectivity index (χ1n) is 10.3. The van der Waals surface area contributed by atoms with Gasteiger partial charge in [0.2, 0.25) is 21.8 Å². The Bertz CT molecular complexity index is 1060. The number of nitrogens with zero attached hydrogens (tertiary/aromatic N) is 2. The first-order chi connectivity index (χ1) is 15.1. The highest BCUT2D eigenvalue weighted by molar-refractivity contribution is 7.92. The number of likely N-dealkylation sites (N-methyl/N-ethyl adjacent to an activating group) is 1. The van der Waals surface area contributed by atoms with Crippen LogP contribution in [-0.2, 0) is 26.2 Å². The van der Waals surface area contributed by atoms with Gasteiger partial charge >= 0.3 is 0 Å². The van der Waals surface area contributed by atoms with Crippen LogP contribution in [-0.4, -0.2) is 57.6 Å². The molecule has 1 atom stereocenters. The van der Waals surface area contributed by atoms with E-state index in [0.717, 1.165) is 21.7 Å². The molecule has 0 bridgehead atoms. The highest BCUT2D eigenvalue weighted by Crippen LogP contribution is 2.29. The van der Waals surface area contributed by atoms with Crippen LogP contribution in [0.3, 0.4) is 0 Å². The molecule has 0 aliphatic rings. The van der Waals surface area contributed by atoms with Gasteiger partial charge in [0.15, 0.2) is 0 Å². The maximum Gasteiger partial charge on any atom is 0.244 e. The molecule has 0 fully saturated rings. The van der Waals surface area contributed by atoms with E-state index in [1.807, 2.05) is 31.2 Å². The third-order valence-corrected chi connectivity index (χ3v) is 6.28. The number of para-hydroxylation sites is 2. The van der Waals surface area contributed by atoms with Gasteiger partial charge in [0.1, 0.15) is 18.3 Å². The monoisotopic (exact) mass is 461 g/mol. The van der Waals surface area contributed by atoms with Gasteiger partial charge in [-0.1, -0.05) is 36.4 Å². The molecule has 0 saturated carbocycles. The number of methoxy groups -OCH3 is 1. The minimum atomic E-state index is -3.81. The summed E-state index contributed by atoms with van der Waals surface area (Å²) in [5, 5.41) is 2.73. The van der Waals surface area contributed by atoms with Gasteiger partial charge < -0.3 is 15.0 Å². The van der Waals surface area contributed by atoms with Crippen LogP contribution in [0, 0.1) is 6.92 Å². The molecule has 8 nitrogen and oxygen atoms in total. The zero-order valence-corrected chi connectivity index (χ0v) is 20.0. The molecule has 0 aliphatic heterocycles. The number of hydrogen-bond donors (Lipinski definition) is 1. The quantitative estimate of drug-likeness (QED) is 0.586. The van der Waals surface area contributed by atoms with Crippen molar-refractivity contribution in [2.45, 2.75) is 33.4 Å². The number of nitrogens with one attached hydrogen (secondary N) is 1. The van der Waals surface area contributed by atoms with Crippen LogP contribution in [0.2, 0.25) is 0 Å². The number of ether oxygens (including phenoxy) is 1. The number of benzene rings is 2. The average molecular weight is 462 g/mol. The van der Waals surface area contributed by atoms with Crippen molar-refractivity contribution >= 4 is 27.5 Å². The van der Waals surface area contributed by atoms with Crippen molar-refractivity contribution in [3.8, 4) is 5.75 Å². The molecular formula is C23H31N3O5S. The Morgan fingerprint density at radius 1 is 1.09 bits per heavy atom. The molecule has 2 aromatic carbocycles. The predicted molar refractivity (Wildman–Crippen MR) is 125 cm³/mol. The molecule has 174 valence electrons. The second kappa shape index (κ2) is 11.0. The third-order valence-electron chi connectivity index (χ3n) is 5.15. The van der Waals surface area contributed by atoms with Gasteiger partial charge in [-0.15, -0.1) is 0 Å². The summed E-state index contributed by atoms with van der Waals surface area (Å²) in [6, 6.07) is 13.4. The molecule has 0 unspecified atom stereocenters. The molecule has 0 heterocycles. The highest BCUT2D eigenvalue weighted by Gasteiger charge is 2.31. The minimum absolute atomic E-state index is 0.174. The number of anilines is 1. The Labute approximate surface area is 190 Å². The number of rotatable bonds is 10. The fraction of sp³-hybridized carbons (Fsp3) is 0.391. The van der Waals surface area contributed by atoms with E-state index in [2.05, 4.69) is 5.32 Å². The van der Waals surface area contributed by atoms with Crippen LogP contribution in [0.1, 0.15) is 25.0 Å². The Balaban J connectivity index is 2.44. The maximum atomic E-state index is 13.4. The molecule has 0 radical (unpaired) electrons. The number of amides is 2. The van der Waals surface area contributed by atoms with Gasteiger partial charge in [-0.25, -0.2) is 8.42 Å². The summed E-state index contributed by atoms with van der Waals surface area (Å²) in [6.07, 6.45) is 1.03. The summed E-state index contributed by atoms with van der Waals surface area (Å²) < 4.78 is 31.5. The van der Waals surface area contributed by atoms with Crippen molar-refractivity contribution in [1.29, 1.82) is 0 Å². The summed E-state index contributed by atoms with van der Waals surface area (Å²) in [5.41, 5.74) is 2.10. The largest absolute Gasteiger partial charge is 0.495 e. The van der Waals surface area contributed by atoms with Crippen molar-refractivity contribution < 1.29 is 22.7 Å². The lowest BCUT2D eigenvalue weighted by atomic mass is 10.1. The zero-order chi connectivity index (χ0) is 23.9. The summed E-state index contributed by atoms with van der Waals surface area (Å²) in [4.78, 5) is 27.4. The SMILES string of the molecule is CCNC(=O)[C@@H](C)N(Cc1ccccc1C)C(=O)CN(c1ccccc1OC)S(C)(=O)=O. The topological polar surface area (TPSA) is 96.0 Å². The molecule has 0 spiro atoms. The van der Waals surface area contributed by atoms with Crippen LogP contribution in [0.25, 0.3) is 0 Å². The van der Waals surface area contributed by atoms with Gasteiger partial charge in [0, 0.05) is 13.1 Å². The van der Waals surface area contributed by atoms with Crippen molar-refractivity contribution in [2.75, 3.05) is 30.8 Å². The van der Waals surface area contributed by atoms with Gasteiger partial charge in [0.25, 0.3) is 0 Å². The van der Waals surface area contributed by atoms with Crippen molar-refractivity contribution in [1.82, 2.24) is 10.2 Å². The highest BCUT2D eigenvalue weighted by atomic mass is 32.2. The Morgan fingerprint density at radius 2 is 1.72 bits per heavy atom. The molecule has 2 amide bonds. The predicted octanol–water partition coefficient (Wildman–Crippen LogP) is 2.32. The Hall–Kier alpha value is -3.07. The maximum absolute atomic E-state index is 13.4.